The second-order valence-corrected chi connectivity index (χ2v) is 5.73. The highest BCUT2D eigenvalue weighted by atomic mass is 35.5. The van der Waals surface area contributed by atoms with Gasteiger partial charge in [-0.25, -0.2) is 4.79 Å². The van der Waals surface area contributed by atoms with E-state index < -0.39 is 23.8 Å². The molecule has 23 heavy (non-hydrogen) atoms. The Kier molecular flexibility index (Phi) is 7.85. The van der Waals surface area contributed by atoms with Crippen LogP contribution in [0.5, 0.6) is 0 Å². The second-order valence-electron chi connectivity index (χ2n) is 4.91. The molecule has 1 aromatic rings. The van der Waals surface area contributed by atoms with Crippen molar-refractivity contribution in [2.75, 3.05) is 6.54 Å². The van der Waals surface area contributed by atoms with Crippen LogP contribution >= 0.6 is 23.2 Å². The Morgan fingerprint density at radius 3 is 2.48 bits per heavy atom. The maximum atomic E-state index is 11.9. The third-order valence-electron chi connectivity index (χ3n) is 3.07. The number of carboxylic acids is 1. The lowest BCUT2D eigenvalue weighted by Gasteiger charge is -2.14. The van der Waals surface area contributed by atoms with Gasteiger partial charge in [-0.2, -0.15) is 0 Å². The van der Waals surface area contributed by atoms with Gasteiger partial charge in [0.05, 0.1) is 16.6 Å². The van der Waals surface area contributed by atoms with E-state index in [-0.39, 0.29) is 17.1 Å². The van der Waals surface area contributed by atoms with Gasteiger partial charge in [-0.15, -0.1) is 0 Å². The third-order valence-corrected chi connectivity index (χ3v) is 3.81. The summed E-state index contributed by atoms with van der Waals surface area (Å²) in [6.07, 6.45) is 1.86. The van der Waals surface area contributed by atoms with Gasteiger partial charge in [0.25, 0.3) is 5.91 Å². The minimum Gasteiger partial charge on any atom is -0.480 e. The molecule has 126 valence electrons. The Morgan fingerprint density at radius 1 is 1.22 bits per heavy atom. The third kappa shape index (κ3) is 6.46. The van der Waals surface area contributed by atoms with Crippen molar-refractivity contribution in [3.8, 4) is 0 Å². The van der Waals surface area contributed by atoms with Gasteiger partial charge in [-0.05, 0) is 24.6 Å². The van der Waals surface area contributed by atoms with Crippen LogP contribution in [0.15, 0.2) is 18.2 Å². The summed E-state index contributed by atoms with van der Waals surface area (Å²) < 4.78 is 0. The number of benzene rings is 1. The fourth-order valence-corrected chi connectivity index (χ4v) is 2.11. The van der Waals surface area contributed by atoms with E-state index in [2.05, 4.69) is 10.6 Å². The van der Waals surface area contributed by atoms with E-state index in [4.69, 9.17) is 28.3 Å². The van der Waals surface area contributed by atoms with Gasteiger partial charge in [0, 0.05) is 5.56 Å². The molecule has 0 aliphatic rings. The van der Waals surface area contributed by atoms with Crippen LogP contribution in [0, 0.1) is 0 Å². The van der Waals surface area contributed by atoms with Crippen LogP contribution < -0.4 is 10.6 Å². The van der Waals surface area contributed by atoms with Crippen LogP contribution in [-0.4, -0.2) is 35.5 Å². The molecule has 1 aromatic carbocycles. The normalized spacial score (nSPS) is 11.6. The monoisotopic (exact) mass is 360 g/mol. The van der Waals surface area contributed by atoms with Gasteiger partial charge < -0.3 is 15.7 Å². The number of amides is 2. The molecule has 2 amide bonds. The fraction of sp³-hybridized carbons (Fsp3) is 0.400. The molecule has 6 nitrogen and oxygen atoms in total. The zero-order chi connectivity index (χ0) is 17.4. The number of hydrogen-bond acceptors (Lipinski definition) is 3. The lowest BCUT2D eigenvalue weighted by molar-refractivity contribution is -0.141. The molecule has 1 unspecified atom stereocenters. The Hall–Kier alpha value is -1.79. The number of unbranched alkanes of at least 4 members (excludes halogenated alkanes) is 1. The van der Waals surface area contributed by atoms with E-state index in [1.807, 2.05) is 6.92 Å². The summed E-state index contributed by atoms with van der Waals surface area (Å²) in [5.41, 5.74) is 0.257. The van der Waals surface area contributed by atoms with Crippen LogP contribution in [0.3, 0.4) is 0 Å². The van der Waals surface area contributed by atoms with E-state index >= 15 is 0 Å². The molecule has 0 radical (unpaired) electrons. The highest BCUT2D eigenvalue weighted by Crippen LogP contribution is 2.22. The maximum Gasteiger partial charge on any atom is 0.326 e. The number of halogens is 2. The van der Waals surface area contributed by atoms with Crippen LogP contribution in [-0.2, 0) is 9.59 Å². The molecule has 3 N–H and O–H groups in total. The van der Waals surface area contributed by atoms with Crippen molar-refractivity contribution in [1.29, 1.82) is 0 Å². The number of carboxylic acid groups (broad SMARTS) is 1. The number of aliphatic carboxylic acids is 1. The van der Waals surface area contributed by atoms with Gasteiger partial charge in [0.15, 0.2) is 0 Å². The van der Waals surface area contributed by atoms with E-state index in [1.54, 1.807) is 0 Å². The molecular formula is C15H18Cl2N2O4. The first-order chi connectivity index (χ1) is 10.8. The summed E-state index contributed by atoms with van der Waals surface area (Å²) in [7, 11) is 0. The molecule has 0 fully saturated rings. The zero-order valence-corrected chi connectivity index (χ0v) is 14.1. The van der Waals surface area contributed by atoms with Crippen LogP contribution in [0.1, 0.15) is 36.5 Å². The number of rotatable bonds is 8. The topological polar surface area (TPSA) is 95.5 Å². The van der Waals surface area contributed by atoms with E-state index in [0.29, 0.717) is 17.9 Å². The first-order valence-electron chi connectivity index (χ1n) is 7.10. The summed E-state index contributed by atoms with van der Waals surface area (Å²) in [6.45, 7) is 1.60. The first-order valence-corrected chi connectivity index (χ1v) is 7.86. The largest absolute Gasteiger partial charge is 0.480 e. The molecule has 0 saturated carbocycles. The molecule has 0 heterocycles. The molecule has 0 aliphatic heterocycles. The maximum absolute atomic E-state index is 11.9. The SMILES string of the molecule is CCCCC(NC(=O)CNC(=O)c1ccc(Cl)c(Cl)c1)C(=O)O. The molecule has 8 heteroatoms. The minimum atomic E-state index is -1.09. The quantitative estimate of drug-likeness (QED) is 0.663. The number of hydrogen-bond donors (Lipinski definition) is 3. The van der Waals surface area contributed by atoms with Crippen molar-refractivity contribution in [2.24, 2.45) is 0 Å². The summed E-state index contributed by atoms with van der Waals surface area (Å²) >= 11 is 11.6. The molecule has 1 atom stereocenters. The number of carbonyl (C=O) groups excluding carboxylic acids is 2. The average molecular weight is 361 g/mol. The van der Waals surface area contributed by atoms with Crippen molar-refractivity contribution < 1.29 is 19.5 Å². The second kappa shape index (κ2) is 9.37. The summed E-state index contributed by atoms with van der Waals surface area (Å²) in [4.78, 5) is 34.7. The highest BCUT2D eigenvalue weighted by molar-refractivity contribution is 6.42. The number of nitrogens with one attached hydrogen (secondary N) is 2. The van der Waals surface area contributed by atoms with Gasteiger partial charge in [-0.3, -0.25) is 9.59 Å². The predicted molar refractivity (Wildman–Crippen MR) is 87.9 cm³/mol. The number of carbonyl (C=O) groups is 3. The van der Waals surface area contributed by atoms with E-state index in [0.717, 1.165) is 6.42 Å². The van der Waals surface area contributed by atoms with Crippen molar-refractivity contribution in [2.45, 2.75) is 32.2 Å². The lowest BCUT2D eigenvalue weighted by Crippen LogP contribution is -2.45. The summed E-state index contributed by atoms with van der Waals surface area (Å²) in [5.74, 6) is -2.16. The average Bonchev–Trinajstić information content (AvgIpc) is 2.51. The van der Waals surface area contributed by atoms with Gasteiger partial charge in [0.2, 0.25) is 5.91 Å². The predicted octanol–water partition coefficient (Wildman–Crippen LogP) is 2.48. The van der Waals surface area contributed by atoms with Crippen molar-refractivity contribution in [1.82, 2.24) is 10.6 Å². The van der Waals surface area contributed by atoms with Crippen molar-refractivity contribution in [3.63, 3.8) is 0 Å². The standard InChI is InChI=1S/C15H18Cl2N2O4/c1-2-3-4-12(15(22)23)19-13(20)8-18-14(21)9-5-6-10(16)11(17)7-9/h5-7,12H,2-4,8H2,1H3,(H,18,21)(H,19,20)(H,22,23). The van der Waals surface area contributed by atoms with Crippen LogP contribution in [0.2, 0.25) is 10.0 Å². The van der Waals surface area contributed by atoms with Gasteiger partial charge in [-0.1, -0.05) is 43.0 Å². The lowest BCUT2D eigenvalue weighted by atomic mass is 10.1. The molecular weight excluding hydrogens is 343 g/mol. The highest BCUT2D eigenvalue weighted by Gasteiger charge is 2.19. The summed E-state index contributed by atoms with van der Waals surface area (Å²) in [6, 6.07) is 3.38. The molecule has 0 spiro atoms. The molecule has 0 saturated heterocycles. The van der Waals surface area contributed by atoms with Gasteiger partial charge >= 0.3 is 5.97 Å². The Balaban J connectivity index is 2.52. The zero-order valence-electron chi connectivity index (χ0n) is 12.6. The van der Waals surface area contributed by atoms with Crippen LogP contribution in [0.25, 0.3) is 0 Å². The molecule has 1 rings (SSSR count). The Labute approximate surface area is 144 Å². The van der Waals surface area contributed by atoms with Crippen LogP contribution in [0.4, 0.5) is 0 Å². The minimum absolute atomic E-state index is 0.231. The molecule has 0 bridgehead atoms. The van der Waals surface area contributed by atoms with E-state index in [1.165, 1.54) is 18.2 Å². The summed E-state index contributed by atoms with van der Waals surface area (Å²) in [5, 5.41) is 14.4. The Morgan fingerprint density at radius 2 is 1.91 bits per heavy atom. The van der Waals surface area contributed by atoms with E-state index in [9.17, 15) is 14.4 Å². The Bertz CT molecular complexity index is 593. The first kappa shape index (κ1) is 19.3. The molecule has 0 aromatic heterocycles. The van der Waals surface area contributed by atoms with Gasteiger partial charge in [0.1, 0.15) is 6.04 Å². The smallest absolute Gasteiger partial charge is 0.326 e. The fourth-order valence-electron chi connectivity index (χ4n) is 1.81. The van der Waals surface area contributed by atoms with Crippen molar-refractivity contribution in [3.05, 3.63) is 33.8 Å². The molecule has 0 aliphatic carbocycles. The van der Waals surface area contributed by atoms with Crippen molar-refractivity contribution >= 4 is 41.0 Å².